The second kappa shape index (κ2) is 8.09. The molecule has 1 N–H and O–H groups in total. The number of carbonyl (C=O) groups is 1. The molecule has 5 heteroatoms. The fourth-order valence-corrected chi connectivity index (χ4v) is 3.21. The van der Waals surface area contributed by atoms with Crippen LogP contribution in [0.4, 0.5) is 5.69 Å². The topological polar surface area (TPSA) is 67.6 Å². The van der Waals surface area contributed by atoms with Crippen molar-refractivity contribution in [1.82, 2.24) is 4.90 Å². The van der Waals surface area contributed by atoms with Crippen molar-refractivity contribution in [3.05, 3.63) is 29.3 Å². The Morgan fingerprint density at radius 1 is 1.43 bits per heavy atom. The Morgan fingerprint density at radius 3 is 2.70 bits per heavy atom. The minimum Gasteiger partial charge on any atom is -0.396 e. The molecule has 0 saturated carbocycles. The lowest BCUT2D eigenvalue weighted by atomic mass is 9.99. The minimum atomic E-state index is 0.0340. The summed E-state index contributed by atoms with van der Waals surface area (Å²) in [6.45, 7) is 4.46. The summed E-state index contributed by atoms with van der Waals surface area (Å²) >= 11 is 0. The van der Waals surface area contributed by atoms with Crippen LogP contribution in [0.1, 0.15) is 42.1 Å². The van der Waals surface area contributed by atoms with Crippen molar-refractivity contribution in [3.8, 4) is 6.07 Å². The van der Waals surface area contributed by atoms with Gasteiger partial charge in [0.1, 0.15) is 0 Å². The van der Waals surface area contributed by atoms with Crippen LogP contribution in [-0.2, 0) is 0 Å². The van der Waals surface area contributed by atoms with Gasteiger partial charge >= 0.3 is 0 Å². The minimum absolute atomic E-state index is 0.0340. The molecule has 1 aliphatic heterocycles. The fourth-order valence-electron chi connectivity index (χ4n) is 3.21. The summed E-state index contributed by atoms with van der Waals surface area (Å²) < 4.78 is 0. The molecular weight excluding hydrogens is 290 g/mol. The predicted octanol–water partition coefficient (Wildman–Crippen LogP) is 2.04. The van der Waals surface area contributed by atoms with E-state index in [-0.39, 0.29) is 12.4 Å². The van der Waals surface area contributed by atoms with Gasteiger partial charge in [0.2, 0.25) is 0 Å². The molecule has 0 bridgehead atoms. The lowest BCUT2D eigenvalue weighted by Gasteiger charge is -2.38. The average Bonchev–Trinajstić information content (AvgIpc) is 2.59. The Labute approximate surface area is 138 Å². The van der Waals surface area contributed by atoms with E-state index in [4.69, 9.17) is 10.4 Å². The molecule has 1 saturated heterocycles. The second-order valence-corrected chi connectivity index (χ2v) is 6.18. The number of carbonyl (C=O) groups excluding carboxylic acids is 1. The van der Waals surface area contributed by atoms with Crippen LogP contribution in [0.2, 0.25) is 0 Å². The lowest BCUT2D eigenvalue weighted by Crippen LogP contribution is -2.44. The molecule has 0 aliphatic carbocycles. The number of aliphatic hydroxyl groups excluding tert-OH is 1. The van der Waals surface area contributed by atoms with Crippen LogP contribution in [0.5, 0.6) is 0 Å². The summed E-state index contributed by atoms with van der Waals surface area (Å²) in [5.74, 6) is 0.0340. The average molecular weight is 315 g/mol. The number of hydrogen-bond donors (Lipinski definition) is 1. The first kappa shape index (κ1) is 17.5. The van der Waals surface area contributed by atoms with Gasteiger partial charge in [-0.05, 0) is 51.4 Å². The summed E-state index contributed by atoms with van der Waals surface area (Å²) in [5, 5.41) is 18.0. The molecule has 1 heterocycles. The molecule has 1 fully saturated rings. The molecule has 1 aliphatic rings. The van der Waals surface area contributed by atoms with E-state index in [2.05, 4.69) is 22.9 Å². The van der Waals surface area contributed by atoms with Crippen LogP contribution in [-0.4, -0.2) is 55.1 Å². The van der Waals surface area contributed by atoms with Crippen molar-refractivity contribution in [2.75, 3.05) is 38.2 Å². The van der Waals surface area contributed by atoms with E-state index in [1.54, 1.807) is 19.1 Å². The van der Waals surface area contributed by atoms with Gasteiger partial charge < -0.3 is 14.9 Å². The van der Waals surface area contributed by atoms with Crippen LogP contribution in [0.15, 0.2) is 18.2 Å². The highest BCUT2D eigenvalue weighted by molar-refractivity contribution is 6.00. The molecule has 2 rings (SSSR count). The number of rotatable bonds is 6. The molecule has 0 amide bonds. The second-order valence-electron chi connectivity index (χ2n) is 6.18. The highest BCUT2D eigenvalue weighted by Crippen LogP contribution is 2.27. The van der Waals surface area contributed by atoms with Crippen molar-refractivity contribution < 1.29 is 9.90 Å². The summed E-state index contributed by atoms with van der Waals surface area (Å²) in [5.41, 5.74) is 2.16. The van der Waals surface area contributed by atoms with E-state index < -0.39 is 0 Å². The molecule has 23 heavy (non-hydrogen) atoms. The number of piperidine rings is 1. The Kier molecular flexibility index (Phi) is 6.14. The van der Waals surface area contributed by atoms with Gasteiger partial charge in [-0.25, -0.2) is 0 Å². The third-order valence-electron chi connectivity index (χ3n) is 4.60. The number of anilines is 1. The van der Waals surface area contributed by atoms with Crippen molar-refractivity contribution in [2.24, 2.45) is 0 Å². The third kappa shape index (κ3) is 4.31. The molecule has 0 spiro atoms. The van der Waals surface area contributed by atoms with E-state index in [0.29, 0.717) is 17.2 Å². The van der Waals surface area contributed by atoms with Crippen LogP contribution in [0, 0.1) is 11.3 Å². The zero-order chi connectivity index (χ0) is 16.8. The molecule has 124 valence electrons. The van der Waals surface area contributed by atoms with E-state index in [0.717, 1.165) is 44.6 Å². The van der Waals surface area contributed by atoms with Gasteiger partial charge in [0.05, 0.1) is 11.6 Å². The smallest absolute Gasteiger partial charge is 0.161 e. The Bertz CT molecular complexity index is 586. The first-order valence-corrected chi connectivity index (χ1v) is 8.18. The fraction of sp³-hybridized carbons (Fsp3) is 0.556. The number of nitrogens with zero attached hydrogens (tertiary/aromatic N) is 3. The molecule has 0 aromatic heterocycles. The van der Waals surface area contributed by atoms with E-state index in [1.165, 1.54) is 0 Å². The van der Waals surface area contributed by atoms with Crippen molar-refractivity contribution >= 4 is 11.5 Å². The number of nitriles is 1. The van der Waals surface area contributed by atoms with Crippen LogP contribution in [0.3, 0.4) is 0 Å². The molecule has 5 nitrogen and oxygen atoms in total. The van der Waals surface area contributed by atoms with Gasteiger partial charge in [-0.2, -0.15) is 5.26 Å². The lowest BCUT2D eigenvalue weighted by molar-refractivity contribution is 0.101. The Morgan fingerprint density at radius 2 is 2.13 bits per heavy atom. The molecule has 0 radical (unpaired) electrons. The first-order valence-electron chi connectivity index (χ1n) is 8.18. The number of ketones is 1. The monoisotopic (exact) mass is 315 g/mol. The van der Waals surface area contributed by atoms with Gasteiger partial charge in [0.25, 0.3) is 0 Å². The number of Topliss-reactive ketones (excluding diaryl/α,β-unsaturated/α-hetero) is 1. The normalized spacial score (nSPS) is 15.7. The van der Waals surface area contributed by atoms with E-state index >= 15 is 0 Å². The van der Waals surface area contributed by atoms with Crippen LogP contribution < -0.4 is 4.90 Å². The van der Waals surface area contributed by atoms with Gasteiger partial charge in [0.15, 0.2) is 5.78 Å². The maximum atomic E-state index is 11.9. The predicted molar refractivity (Wildman–Crippen MR) is 90.7 cm³/mol. The molecule has 1 aromatic rings. The van der Waals surface area contributed by atoms with Gasteiger partial charge in [-0.1, -0.05) is 0 Å². The summed E-state index contributed by atoms with van der Waals surface area (Å²) in [4.78, 5) is 16.4. The van der Waals surface area contributed by atoms with Crippen LogP contribution >= 0.6 is 0 Å². The Hall–Kier alpha value is -1.90. The summed E-state index contributed by atoms with van der Waals surface area (Å²) in [6.07, 6.45) is 2.85. The standard InChI is InChI=1S/C18H25N3O2/c1-14(23)17-5-4-15(13-19)12-18(17)21-9-6-16(7-10-21)20(2)8-3-11-22/h4-5,12,16,22H,3,6-11H2,1-2H3. The van der Waals surface area contributed by atoms with Crippen molar-refractivity contribution in [3.63, 3.8) is 0 Å². The molecule has 1 aromatic carbocycles. The molecular formula is C18H25N3O2. The SMILES string of the molecule is CC(=O)c1ccc(C#N)cc1N1CCC(N(C)CCCO)CC1. The summed E-state index contributed by atoms with van der Waals surface area (Å²) in [7, 11) is 2.10. The van der Waals surface area contributed by atoms with Crippen LogP contribution in [0.25, 0.3) is 0 Å². The molecule has 0 unspecified atom stereocenters. The van der Waals surface area contributed by atoms with E-state index in [9.17, 15) is 4.79 Å². The summed E-state index contributed by atoms with van der Waals surface area (Å²) in [6, 6.07) is 7.95. The number of hydrogen-bond acceptors (Lipinski definition) is 5. The molecule has 0 atom stereocenters. The maximum Gasteiger partial charge on any atom is 0.161 e. The number of aliphatic hydroxyl groups is 1. The highest BCUT2D eigenvalue weighted by Gasteiger charge is 2.24. The third-order valence-corrected chi connectivity index (χ3v) is 4.60. The number of benzene rings is 1. The largest absolute Gasteiger partial charge is 0.396 e. The zero-order valence-electron chi connectivity index (χ0n) is 14.0. The first-order chi connectivity index (χ1) is 11.1. The van der Waals surface area contributed by atoms with Gasteiger partial charge in [-0.15, -0.1) is 0 Å². The quantitative estimate of drug-likeness (QED) is 0.814. The van der Waals surface area contributed by atoms with Crippen molar-refractivity contribution in [2.45, 2.75) is 32.2 Å². The maximum absolute atomic E-state index is 11.9. The van der Waals surface area contributed by atoms with Crippen molar-refractivity contribution in [1.29, 1.82) is 5.26 Å². The highest BCUT2D eigenvalue weighted by atomic mass is 16.3. The van der Waals surface area contributed by atoms with Gasteiger partial charge in [0, 0.05) is 43.5 Å². The van der Waals surface area contributed by atoms with Gasteiger partial charge in [-0.3, -0.25) is 4.79 Å². The zero-order valence-corrected chi connectivity index (χ0v) is 14.0. The Balaban J connectivity index is 2.08. The van der Waals surface area contributed by atoms with E-state index in [1.807, 2.05) is 6.07 Å².